The quantitative estimate of drug-likeness (QED) is 0.881. The lowest BCUT2D eigenvalue weighted by molar-refractivity contribution is 0.304. The Kier molecular flexibility index (Phi) is 3.63. The molecule has 1 fully saturated rings. The first-order valence-corrected chi connectivity index (χ1v) is 6.85. The van der Waals surface area contributed by atoms with Crippen LogP contribution in [0.4, 0.5) is 5.13 Å². The number of rotatable bonds is 3. The molecule has 1 aliphatic heterocycles. The van der Waals surface area contributed by atoms with Gasteiger partial charge in [0.25, 0.3) is 0 Å². The molecule has 0 aliphatic carbocycles. The summed E-state index contributed by atoms with van der Waals surface area (Å²) in [7, 11) is 0. The van der Waals surface area contributed by atoms with Crippen LogP contribution in [0, 0.1) is 11.8 Å². The fourth-order valence-corrected chi connectivity index (χ4v) is 3.05. The molecule has 2 unspecified atom stereocenters. The van der Waals surface area contributed by atoms with E-state index in [-0.39, 0.29) is 5.69 Å². The van der Waals surface area contributed by atoms with Gasteiger partial charge in [-0.25, -0.2) is 4.79 Å². The topological polar surface area (TPSA) is 49.0 Å². The van der Waals surface area contributed by atoms with Crippen molar-refractivity contribution in [2.24, 2.45) is 11.8 Å². The third kappa shape index (κ3) is 2.45. The first-order valence-electron chi connectivity index (χ1n) is 6.03. The van der Waals surface area contributed by atoms with Gasteiger partial charge in [-0.3, -0.25) is 4.37 Å². The molecule has 1 N–H and O–H groups in total. The minimum atomic E-state index is -0.216. The molecule has 0 aromatic carbocycles. The van der Waals surface area contributed by atoms with Gasteiger partial charge < -0.3 is 4.90 Å². The molecule has 0 amide bonds. The lowest BCUT2D eigenvalue weighted by Crippen LogP contribution is -2.40. The summed E-state index contributed by atoms with van der Waals surface area (Å²) in [5, 5.41) is 0.863. The summed E-state index contributed by atoms with van der Waals surface area (Å²) in [6.45, 7) is 6.59. The lowest BCUT2D eigenvalue weighted by atomic mass is 9.86. The van der Waals surface area contributed by atoms with Crippen molar-refractivity contribution in [3.8, 4) is 0 Å². The van der Waals surface area contributed by atoms with Crippen LogP contribution in [0.1, 0.15) is 33.1 Å². The fraction of sp³-hybridized carbons (Fsp3) is 0.818. The van der Waals surface area contributed by atoms with Gasteiger partial charge in [0.2, 0.25) is 5.13 Å². The number of nitrogens with one attached hydrogen (secondary N) is 1. The van der Waals surface area contributed by atoms with E-state index in [2.05, 4.69) is 28.1 Å². The van der Waals surface area contributed by atoms with Crippen molar-refractivity contribution in [1.29, 1.82) is 0 Å². The molecule has 0 saturated carbocycles. The average molecular weight is 241 g/mol. The zero-order valence-electron chi connectivity index (χ0n) is 9.90. The number of piperidine rings is 1. The Labute approximate surface area is 99.9 Å². The molecule has 2 atom stereocenters. The van der Waals surface area contributed by atoms with E-state index in [4.69, 9.17) is 0 Å². The molecule has 1 aromatic heterocycles. The molecular formula is C11H19N3OS. The second-order valence-corrected chi connectivity index (χ2v) is 5.37. The number of nitrogens with zero attached hydrogens (tertiary/aromatic N) is 2. The molecule has 1 saturated heterocycles. The normalized spacial score (nSPS) is 26.0. The Hall–Kier alpha value is -0.840. The van der Waals surface area contributed by atoms with Crippen molar-refractivity contribution < 1.29 is 0 Å². The molecule has 5 heteroatoms. The molecule has 2 heterocycles. The van der Waals surface area contributed by atoms with Gasteiger partial charge in [-0.05, 0) is 29.8 Å². The van der Waals surface area contributed by atoms with E-state index in [1.54, 1.807) is 0 Å². The van der Waals surface area contributed by atoms with E-state index in [9.17, 15) is 4.79 Å². The summed E-state index contributed by atoms with van der Waals surface area (Å²) in [4.78, 5) is 17.3. The summed E-state index contributed by atoms with van der Waals surface area (Å²) < 4.78 is 2.66. The highest BCUT2D eigenvalue weighted by atomic mass is 32.1. The van der Waals surface area contributed by atoms with Crippen molar-refractivity contribution in [2.75, 3.05) is 18.0 Å². The van der Waals surface area contributed by atoms with Gasteiger partial charge >= 0.3 is 5.69 Å². The predicted octanol–water partition coefficient (Wildman–Crippen LogP) is 2.09. The maximum absolute atomic E-state index is 11.1. The summed E-state index contributed by atoms with van der Waals surface area (Å²) >= 11 is 1.36. The fourth-order valence-electron chi connectivity index (χ4n) is 2.42. The minimum Gasteiger partial charge on any atom is -0.346 e. The first-order chi connectivity index (χ1) is 7.72. The van der Waals surface area contributed by atoms with Gasteiger partial charge in [-0.2, -0.15) is 4.98 Å². The van der Waals surface area contributed by atoms with E-state index in [0.29, 0.717) is 0 Å². The van der Waals surface area contributed by atoms with Crippen LogP contribution in [-0.2, 0) is 0 Å². The summed E-state index contributed by atoms with van der Waals surface area (Å²) in [6.07, 6.45) is 3.75. The van der Waals surface area contributed by atoms with Crippen LogP contribution in [0.3, 0.4) is 0 Å². The number of aromatic amines is 1. The smallest absolute Gasteiger partial charge is 0.346 e. The van der Waals surface area contributed by atoms with Crippen LogP contribution in [0.25, 0.3) is 0 Å². The van der Waals surface area contributed by atoms with Gasteiger partial charge in [-0.15, -0.1) is 0 Å². The zero-order valence-corrected chi connectivity index (χ0v) is 10.7. The number of hydrogen-bond donors (Lipinski definition) is 1. The second kappa shape index (κ2) is 4.99. The summed E-state index contributed by atoms with van der Waals surface area (Å²) in [5.74, 6) is 1.50. The van der Waals surface area contributed by atoms with Crippen LogP contribution in [0.5, 0.6) is 0 Å². The van der Waals surface area contributed by atoms with E-state index >= 15 is 0 Å². The summed E-state index contributed by atoms with van der Waals surface area (Å²) in [6, 6.07) is 0. The van der Waals surface area contributed by atoms with Gasteiger partial charge in [0.15, 0.2) is 0 Å². The molecule has 90 valence electrons. The highest BCUT2D eigenvalue weighted by Crippen LogP contribution is 2.29. The van der Waals surface area contributed by atoms with Gasteiger partial charge in [-0.1, -0.05) is 26.7 Å². The van der Waals surface area contributed by atoms with Crippen molar-refractivity contribution in [1.82, 2.24) is 9.36 Å². The maximum atomic E-state index is 11.1. The molecule has 1 aromatic rings. The SMILES string of the molecule is CCC1CC(CC)CN(c2nc(=O)[nH]s2)C1. The van der Waals surface area contributed by atoms with Crippen LogP contribution in [0.2, 0.25) is 0 Å². The third-order valence-corrected chi connectivity index (χ3v) is 4.28. The average Bonchev–Trinajstić information content (AvgIpc) is 2.75. The number of anilines is 1. The third-order valence-electron chi connectivity index (χ3n) is 3.48. The van der Waals surface area contributed by atoms with Gasteiger partial charge in [0.05, 0.1) is 0 Å². The van der Waals surface area contributed by atoms with Crippen molar-refractivity contribution in [3.63, 3.8) is 0 Å². The van der Waals surface area contributed by atoms with E-state index in [1.807, 2.05) is 0 Å². The van der Waals surface area contributed by atoms with Crippen molar-refractivity contribution in [2.45, 2.75) is 33.1 Å². The zero-order chi connectivity index (χ0) is 11.5. The van der Waals surface area contributed by atoms with Crippen molar-refractivity contribution >= 4 is 16.7 Å². The molecule has 0 radical (unpaired) electrons. The maximum Gasteiger partial charge on any atom is 0.357 e. The predicted molar refractivity (Wildman–Crippen MR) is 67.1 cm³/mol. The molecule has 0 spiro atoms. The molecule has 1 aliphatic rings. The Morgan fingerprint density at radius 1 is 1.38 bits per heavy atom. The van der Waals surface area contributed by atoms with Gasteiger partial charge in [0.1, 0.15) is 0 Å². The van der Waals surface area contributed by atoms with E-state index in [1.165, 1.54) is 30.8 Å². The number of hydrogen-bond acceptors (Lipinski definition) is 4. The largest absolute Gasteiger partial charge is 0.357 e. The first kappa shape index (κ1) is 11.6. The second-order valence-electron chi connectivity index (χ2n) is 4.59. The summed E-state index contributed by atoms with van der Waals surface area (Å²) in [5.41, 5.74) is -0.216. The Balaban J connectivity index is 2.11. The highest BCUT2D eigenvalue weighted by molar-refractivity contribution is 7.09. The van der Waals surface area contributed by atoms with Crippen LogP contribution < -0.4 is 10.6 Å². The number of aromatic nitrogens is 2. The van der Waals surface area contributed by atoms with E-state index < -0.39 is 0 Å². The Morgan fingerprint density at radius 3 is 2.44 bits per heavy atom. The molecular weight excluding hydrogens is 222 g/mol. The minimum absolute atomic E-state index is 0.216. The van der Waals surface area contributed by atoms with Gasteiger partial charge in [0, 0.05) is 13.1 Å². The lowest BCUT2D eigenvalue weighted by Gasteiger charge is -2.36. The molecule has 2 rings (SSSR count). The highest BCUT2D eigenvalue weighted by Gasteiger charge is 2.26. The molecule has 16 heavy (non-hydrogen) atoms. The van der Waals surface area contributed by atoms with E-state index in [0.717, 1.165) is 30.1 Å². The van der Waals surface area contributed by atoms with Crippen LogP contribution in [-0.4, -0.2) is 22.4 Å². The molecule has 0 bridgehead atoms. The Morgan fingerprint density at radius 2 is 2.00 bits per heavy atom. The molecule has 4 nitrogen and oxygen atoms in total. The van der Waals surface area contributed by atoms with Crippen LogP contribution >= 0.6 is 11.5 Å². The Bertz CT molecular complexity index is 375. The number of H-pyrrole nitrogens is 1. The van der Waals surface area contributed by atoms with Crippen LogP contribution in [0.15, 0.2) is 4.79 Å². The standard InChI is InChI=1S/C11H19N3OS/c1-3-8-5-9(4-2)7-14(6-8)11-12-10(15)13-16-11/h8-9H,3-7H2,1-2H3,(H,13,15). The van der Waals surface area contributed by atoms with Crippen molar-refractivity contribution in [3.05, 3.63) is 10.5 Å². The monoisotopic (exact) mass is 241 g/mol.